The molecule has 2 atom stereocenters. The van der Waals surface area contributed by atoms with Crippen molar-refractivity contribution >= 4 is 23.0 Å². The molecule has 206 valence electrons. The molecule has 3 rings (SSSR count). The van der Waals surface area contributed by atoms with Gasteiger partial charge in [0.15, 0.2) is 11.6 Å². The molecule has 0 aliphatic heterocycles. The number of aromatic nitrogens is 1. The number of rotatable bonds is 9. The molecule has 3 aromatic rings. The monoisotopic (exact) mass is 582 g/mol. The van der Waals surface area contributed by atoms with E-state index in [1.807, 2.05) is 0 Å². The maximum atomic E-state index is 14.8. The van der Waals surface area contributed by atoms with Crippen molar-refractivity contribution in [1.82, 2.24) is 9.71 Å². The Kier molecular flexibility index (Phi) is 8.91. The molecule has 4 nitrogen and oxygen atoms in total. The average molecular weight is 583 g/mol. The zero-order chi connectivity index (χ0) is 28.5. The molecule has 0 saturated heterocycles. The molecule has 0 aliphatic carbocycles. The maximum Gasteiger partial charge on any atom is 0.461 e. The first-order chi connectivity index (χ1) is 17.5. The van der Waals surface area contributed by atoms with Gasteiger partial charge in [-0.1, -0.05) is 17.7 Å². The van der Waals surface area contributed by atoms with E-state index >= 15 is 0 Å². The minimum atomic E-state index is -4.95. The summed E-state index contributed by atoms with van der Waals surface area (Å²) in [4.78, 5) is 4.23. The van der Waals surface area contributed by atoms with Gasteiger partial charge in [-0.3, -0.25) is 4.98 Å². The van der Waals surface area contributed by atoms with Gasteiger partial charge >= 0.3 is 12.5 Å². The van der Waals surface area contributed by atoms with Gasteiger partial charge in [-0.2, -0.15) is 17.6 Å². The number of nitrogens with one attached hydrogen (secondary N) is 1. The minimum Gasteiger partial charge on any atom is -0.598 e. The number of nitrogens with zero attached hydrogens (tertiary/aromatic N) is 1. The van der Waals surface area contributed by atoms with Crippen molar-refractivity contribution in [3.05, 3.63) is 94.0 Å². The number of hydrogen-bond acceptors (Lipinski definition) is 4. The Bertz CT molecular complexity index is 1280. The van der Waals surface area contributed by atoms with Crippen molar-refractivity contribution in [1.29, 1.82) is 0 Å². The molecule has 0 fully saturated rings. The van der Waals surface area contributed by atoms with Gasteiger partial charge in [0, 0.05) is 30.0 Å². The molecule has 13 heteroatoms. The molecule has 0 amide bonds. The quantitative estimate of drug-likeness (QED) is 0.220. The summed E-state index contributed by atoms with van der Waals surface area (Å²) in [5.74, 6) is -4.48. The standard InChI is InChI=1S/C25H22ClF7N2O2S/c1-23(2,3)38(36)35-24(21-7-5-16(26)13-34-21,12-14-4-6-19(28)20(29)8-14)15-9-17(27)11-18(10-15)37-25(32,33)22(30)31/h4-11,13,22,35H,12H2,1-3H3/t24-,38+/m1/s1. The molecular weight excluding hydrogens is 561 g/mol. The van der Waals surface area contributed by atoms with E-state index in [0.717, 1.165) is 24.3 Å². The number of halogens is 8. The van der Waals surface area contributed by atoms with Crippen molar-refractivity contribution in [2.45, 2.75) is 50.0 Å². The van der Waals surface area contributed by atoms with E-state index in [4.69, 9.17) is 11.6 Å². The Balaban J connectivity index is 2.31. The van der Waals surface area contributed by atoms with Gasteiger partial charge in [0.25, 0.3) is 0 Å². The highest BCUT2D eigenvalue weighted by Crippen LogP contribution is 2.39. The molecule has 1 N–H and O–H groups in total. The lowest BCUT2D eigenvalue weighted by molar-refractivity contribution is -0.253. The third kappa shape index (κ3) is 6.90. The number of ether oxygens (including phenoxy) is 1. The van der Waals surface area contributed by atoms with Gasteiger partial charge in [0.05, 0.1) is 10.7 Å². The molecule has 2 aromatic carbocycles. The Morgan fingerprint density at radius 1 is 1.00 bits per heavy atom. The third-order valence-electron chi connectivity index (χ3n) is 5.31. The van der Waals surface area contributed by atoms with Crippen molar-refractivity contribution in [3.8, 4) is 5.75 Å². The normalized spacial score (nSPS) is 14.9. The van der Waals surface area contributed by atoms with Crippen molar-refractivity contribution in [2.24, 2.45) is 0 Å². The lowest BCUT2D eigenvalue weighted by atomic mass is 9.81. The Morgan fingerprint density at radius 3 is 2.24 bits per heavy atom. The zero-order valence-electron chi connectivity index (χ0n) is 20.2. The van der Waals surface area contributed by atoms with E-state index < -0.39 is 57.4 Å². The van der Waals surface area contributed by atoms with Crippen LogP contribution in [0.15, 0.2) is 54.7 Å². The summed E-state index contributed by atoms with van der Waals surface area (Å²) < 4.78 is 115. The summed E-state index contributed by atoms with van der Waals surface area (Å²) >= 11 is 4.01. The predicted octanol–water partition coefficient (Wildman–Crippen LogP) is 6.93. The van der Waals surface area contributed by atoms with Crippen molar-refractivity contribution in [2.75, 3.05) is 0 Å². The highest BCUT2D eigenvalue weighted by atomic mass is 35.5. The molecule has 1 aromatic heterocycles. The first kappa shape index (κ1) is 30.0. The van der Waals surface area contributed by atoms with Crippen molar-refractivity contribution < 1.29 is 40.0 Å². The highest BCUT2D eigenvalue weighted by Gasteiger charge is 2.46. The smallest absolute Gasteiger partial charge is 0.461 e. The molecule has 0 radical (unpaired) electrons. The van der Waals surface area contributed by atoms with Crippen molar-refractivity contribution in [3.63, 3.8) is 0 Å². The molecule has 0 spiro atoms. The summed E-state index contributed by atoms with van der Waals surface area (Å²) in [7, 11) is 0. The van der Waals surface area contributed by atoms with Gasteiger partial charge < -0.3 is 9.29 Å². The van der Waals surface area contributed by atoms with Crippen LogP contribution in [0.4, 0.5) is 30.7 Å². The summed E-state index contributed by atoms with van der Waals surface area (Å²) in [6.07, 6.45) is -8.33. The fraction of sp³-hybridized carbons (Fsp3) is 0.320. The third-order valence-corrected chi connectivity index (χ3v) is 7.18. The Hall–Kier alpha value is -2.54. The van der Waals surface area contributed by atoms with Gasteiger partial charge in [0.2, 0.25) is 0 Å². The average Bonchev–Trinajstić information content (AvgIpc) is 2.80. The highest BCUT2D eigenvalue weighted by molar-refractivity contribution is 7.90. The van der Waals surface area contributed by atoms with E-state index in [0.29, 0.717) is 6.07 Å². The van der Waals surface area contributed by atoms with Gasteiger partial charge in [-0.15, -0.1) is 4.72 Å². The predicted molar refractivity (Wildman–Crippen MR) is 129 cm³/mol. The second-order valence-electron chi connectivity index (χ2n) is 9.32. The van der Waals surface area contributed by atoms with Crippen LogP contribution in [0, 0.1) is 17.5 Å². The van der Waals surface area contributed by atoms with Crippen LogP contribution in [0.5, 0.6) is 5.75 Å². The number of hydrogen-bond donors (Lipinski definition) is 1. The van der Waals surface area contributed by atoms with Crippen LogP contribution in [-0.2, 0) is 23.3 Å². The lowest BCUT2D eigenvalue weighted by Crippen LogP contribution is -2.53. The van der Waals surface area contributed by atoms with E-state index in [-0.39, 0.29) is 28.3 Å². The Morgan fingerprint density at radius 2 is 1.68 bits per heavy atom. The molecular formula is C25H22ClF7N2O2S. The van der Waals surface area contributed by atoms with Gasteiger partial charge in [0.1, 0.15) is 21.9 Å². The van der Waals surface area contributed by atoms with Crippen LogP contribution in [0.25, 0.3) is 0 Å². The second-order valence-corrected chi connectivity index (χ2v) is 11.7. The second kappa shape index (κ2) is 11.3. The molecule has 38 heavy (non-hydrogen) atoms. The van der Waals surface area contributed by atoms with E-state index in [9.17, 15) is 35.3 Å². The fourth-order valence-electron chi connectivity index (χ4n) is 3.45. The van der Waals surface area contributed by atoms with Crippen LogP contribution in [-0.4, -0.2) is 26.8 Å². The van der Waals surface area contributed by atoms with Gasteiger partial charge in [-0.25, -0.2) is 13.2 Å². The van der Waals surface area contributed by atoms with E-state index in [1.54, 1.807) is 20.8 Å². The summed E-state index contributed by atoms with van der Waals surface area (Å²) in [5, 5.41) is 0.187. The SMILES string of the molecule is CC(C)(C)[S@+]([O-])N[C@](Cc1ccc(F)c(F)c1)(c1cc(F)cc(OC(F)(F)C(F)F)c1)c1ccc(Cl)cn1. The molecule has 0 bridgehead atoms. The van der Waals surface area contributed by atoms with E-state index in [2.05, 4.69) is 14.4 Å². The summed E-state index contributed by atoms with van der Waals surface area (Å²) in [5.41, 5.74) is -1.95. The van der Waals surface area contributed by atoms with Crippen LogP contribution < -0.4 is 9.46 Å². The molecule has 1 heterocycles. The number of benzene rings is 2. The Labute approximate surface area is 222 Å². The summed E-state index contributed by atoms with van der Waals surface area (Å²) in [6, 6.07) is 7.86. The summed E-state index contributed by atoms with van der Waals surface area (Å²) in [6.45, 7) is 4.82. The topological polar surface area (TPSA) is 57.2 Å². The largest absolute Gasteiger partial charge is 0.598 e. The van der Waals surface area contributed by atoms with Gasteiger partial charge in [-0.05, 0) is 68.3 Å². The lowest BCUT2D eigenvalue weighted by Gasteiger charge is -2.38. The number of pyridine rings is 1. The van der Waals surface area contributed by atoms with Crippen LogP contribution >= 0.6 is 11.6 Å². The minimum absolute atomic E-state index is 0.0291. The van der Waals surface area contributed by atoms with Crippen LogP contribution in [0.2, 0.25) is 5.02 Å². The molecule has 0 aliphatic rings. The molecule has 0 saturated carbocycles. The first-order valence-electron chi connectivity index (χ1n) is 11.0. The molecule has 0 unspecified atom stereocenters. The number of alkyl halides is 4. The first-order valence-corrected chi connectivity index (χ1v) is 12.5. The zero-order valence-corrected chi connectivity index (χ0v) is 21.7. The van der Waals surface area contributed by atoms with Crippen LogP contribution in [0.1, 0.15) is 37.6 Å². The van der Waals surface area contributed by atoms with E-state index in [1.165, 1.54) is 24.4 Å². The van der Waals surface area contributed by atoms with Crippen LogP contribution in [0.3, 0.4) is 0 Å². The maximum absolute atomic E-state index is 14.8. The fourth-order valence-corrected chi connectivity index (χ4v) is 4.48.